The van der Waals surface area contributed by atoms with Gasteiger partial charge in [0.25, 0.3) is 0 Å². The third-order valence-corrected chi connectivity index (χ3v) is 5.43. The molecule has 2 aromatic carbocycles. The summed E-state index contributed by atoms with van der Waals surface area (Å²) < 4.78 is 0. The van der Waals surface area contributed by atoms with Crippen LogP contribution in [0.25, 0.3) is 0 Å². The first-order valence-corrected chi connectivity index (χ1v) is 10.7. The van der Waals surface area contributed by atoms with Crippen LogP contribution in [0.15, 0.2) is 89.9 Å². The van der Waals surface area contributed by atoms with Crippen LogP contribution in [0.2, 0.25) is 0 Å². The van der Waals surface area contributed by atoms with Crippen LogP contribution >= 0.6 is 12.6 Å². The average Bonchev–Trinajstić information content (AvgIpc) is 2.71. The number of hydrogen-bond acceptors (Lipinski definition) is 2. The van der Waals surface area contributed by atoms with Gasteiger partial charge in [-0.05, 0) is 53.2 Å². The van der Waals surface area contributed by atoms with Gasteiger partial charge in [0.15, 0.2) is 5.78 Å². The van der Waals surface area contributed by atoms with Crippen molar-refractivity contribution >= 4 is 18.4 Å². The second kappa shape index (κ2) is 11.0. The van der Waals surface area contributed by atoms with E-state index in [4.69, 9.17) is 0 Å². The highest BCUT2D eigenvalue weighted by Crippen LogP contribution is 2.28. The Hall–Kier alpha value is -2.32. The molecule has 0 unspecified atom stereocenters. The van der Waals surface area contributed by atoms with E-state index in [0.29, 0.717) is 11.1 Å². The Morgan fingerprint density at radius 3 is 2.21 bits per heavy atom. The van der Waals surface area contributed by atoms with Gasteiger partial charge < -0.3 is 0 Å². The smallest absolute Gasteiger partial charge is 0.192 e. The van der Waals surface area contributed by atoms with Gasteiger partial charge in [0, 0.05) is 11.1 Å². The van der Waals surface area contributed by atoms with Gasteiger partial charge >= 0.3 is 0 Å². The van der Waals surface area contributed by atoms with Gasteiger partial charge in [-0.2, -0.15) is 0 Å². The number of carbonyl (C=O) groups is 1. The maximum atomic E-state index is 13.2. The summed E-state index contributed by atoms with van der Waals surface area (Å²) >= 11 is 4.51. The second-order valence-electron chi connectivity index (χ2n) is 8.20. The van der Waals surface area contributed by atoms with E-state index >= 15 is 0 Å². The highest BCUT2D eigenvalue weighted by molar-refractivity contribution is 7.84. The molecule has 0 saturated heterocycles. The van der Waals surface area contributed by atoms with E-state index in [0.717, 1.165) is 30.6 Å². The molecule has 0 fully saturated rings. The second-order valence-corrected chi connectivity index (χ2v) is 8.77. The molecular weight excluding hydrogens is 372 g/mol. The number of carbonyl (C=O) groups excluding carboxylic acids is 1. The summed E-state index contributed by atoms with van der Waals surface area (Å²) in [5.41, 5.74) is 3.96. The summed E-state index contributed by atoms with van der Waals surface area (Å²) in [5, 5.41) is 0. The molecule has 1 nitrogen and oxygen atoms in total. The molecule has 0 N–H and O–H groups in total. The molecule has 0 spiro atoms. The molecule has 152 valence electrons. The molecular formula is C27H32OS. The van der Waals surface area contributed by atoms with E-state index in [1.54, 1.807) is 0 Å². The molecule has 29 heavy (non-hydrogen) atoms. The lowest BCUT2D eigenvalue weighted by Gasteiger charge is -2.21. The van der Waals surface area contributed by atoms with Crippen molar-refractivity contribution in [1.82, 2.24) is 0 Å². The zero-order valence-electron chi connectivity index (χ0n) is 17.8. The maximum absolute atomic E-state index is 13.2. The first-order chi connectivity index (χ1) is 13.8. The predicted octanol–water partition coefficient (Wildman–Crippen LogP) is 7.60. The number of ketones is 1. The van der Waals surface area contributed by atoms with Gasteiger partial charge in [-0.1, -0.05) is 87.5 Å². The Morgan fingerprint density at radius 2 is 1.62 bits per heavy atom. The van der Waals surface area contributed by atoms with Crippen molar-refractivity contribution in [1.29, 1.82) is 0 Å². The average molecular weight is 405 g/mol. The maximum Gasteiger partial charge on any atom is 0.192 e. The van der Waals surface area contributed by atoms with Crippen molar-refractivity contribution < 1.29 is 4.79 Å². The third-order valence-electron chi connectivity index (χ3n) is 4.99. The lowest BCUT2D eigenvalue weighted by Crippen LogP contribution is -2.10. The number of rotatable bonds is 10. The van der Waals surface area contributed by atoms with Gasteiger partial charge in [-0.3, -0.25) is 4.79 Å². The summed E-state index contributed by atoms with van der Waals surface area (Å²) in [6.07, 6.45) is 9.29. The summed E-state index contributed by atoms with van der Waals surface area (Å²) in [6.45, 7) is 10.3. The van der Waals surface area contributed by atoms with Gasteiger partial charge in [0.05, 0.1) is 0 Å². The molecule has 0 atom stereocenters. The number of thiol groups is 1. The number of hydrogen-bond donors (Lipinski definition) is 1. The van der Waals surface area contributed by atoms with Crippen LogP contribution in [-0.4, -0.2) is 5.78 Å². The summed E-state index contributed by atoms with van der Waals surface area (Å²) in [4.78, 5) is 14.1. The predicted molar refractivity (Wildman–Crippen MR) is 129 cm³/mol. The van der Waals surface area contributed by atoms with Crippen LogP contribution in [0.4, 0.5) is 0 Å². The minimum absolute atomic E-state index is 0.0469. The highest BCUT2D eigenvalue weighted by atomic mass is 32.1. The Balaban J connectivity index is 2.22. The van der Waals surface area contributed by atoms with E-state index in [2.05, 4.69) is 51.3 Å². The Labute approximate surface area is 181 Å². The van der Waals surface area contributed by atoms with E-state index in [-0.39, 0.29) is 11.2 Å². The molecule has 2 rings (SSSR count). The van der Waals surface area contributed by atoms with Crippen LogP contribution in [0.3, 0.4) is 0 Å². The fourth-order valence-corrected chi connectivity index (χ4v) is 3.27. The number of Topliss-reactive ketones (excluding diaryl/α,β-unsaturated/α-hetero) is 1. The highest BCUT2D eigenvalue weighted by Gasteiger charge is 2.17. The Kier molecular flexibility index (Phi) is 8.72. The van der Waals surface area contributed by atoms with Gasteiger partial charge in [0.1, 0.15) is 0 Å². The van der Waals surface area contributed by atoms with Crippen LogP contribution < -0.4 is 0 Å². The van der Waals surface area contributed by atoms with E-state index in [9.17, 15) is 4.79 Å². The Bertz CT molecular complexity index is 871. The third kappa shape index (κ3) is 7.55. The quantitative estimate of drug-likeness (QED) is 0.142. The monoisotopic (exact) mass is 404 g/mol. The molecule has 0 aliphatic carbocycles. The molecule has 0 bridgehead atoms. The molecule has 0 heterocycles. The molecule has 0 amide bonds. The van der Waals surface area contributed by atoms with Gasteiger partial charge in [0.2, 0.25) is 0 Å². The number of benzene rings is 2. The van der Waals surface area contributed by atoms with Crippen molar-refractivity contribution in [3.63, 3.8) is 0 Å². The van der Waals surface area contributed by atoms with Crippen molar-refractivity contribution in [3.05, 3.63) is 107 Å². The zero-order chi connectivity index (χ0) is 21.3. The van der Waals surface area contributed by atoms with Crippen LogP contribution in [0, 0.1) is 5.41 Å². The summed E-state index contributed by atoms with van der Waals surface area (Å²) in [7, 11) is 0. The van der Waals surface area contributed by atoms with Crippen LogP contribution in [-0.2, 0) is 6.42 Å². The molecule has 0 aromatic heterocycles. The van der Waals surface area contributed by atoms with Crippen molar-refractivity contribution in [2.75, 3.05) is 0 Å². The van der Waals surface area contributed by atoms with Crippen molar-refractivity contribution in [3.8, 4) is 0 Å². The molecule has 2 aromatic rings. The van der Waals surface area contributed by atoms with E-state index in [1.165, 1.54) is 11.1 Å². The topological polar surface area (TPSA) is 17.1 Å². The van der Waals surface area contributed by atoms with Gasteiger partial charge in [-0.25, -0.2) is 0 Å². The first kappa shape index (κ1) is 23.0. The van der Waals surface area contributed by atoms with E-state index in [1.807, 2.05) is 61.5 Å². The lowest BCUT2D eigenvalue weighted by atomic mass is 9.84. The minimum Gasteiger partial charge on any atom is -0.289 e. The normalized spacial score (nSPS) is 12.7. The van der Waals surface area contributed by atoms with Crippen molar-refractivity contribution in [2.24, 2.45) is 5.41 Å². The molecule has 2 heteroatoms. The summed E-state index contributed by atoms with van der Waals surface area (Å²) in [6, 6.07) is 18.3. The SMILES string of the molecule is C=CCC(C)(C)C/C=C(/C=C(\S)CC)C(=O)c1ccc(Cc2ccccc2)cc1. The fourth-order valence-electron chi connectivity index (χ4n) is 3.13. The standard InChI is InChI=1S/C27H32OS/c1-5-17-27(3,4)18-16-24(20-25(29)6-2)26(28)23-14-12-22(13-15-23)19-21-10-8-7-9-11-21/h5,7-16,20,29H,1,6,17-19H2,2-4H3/b24-16-,25-20-. The molecule has 0 aliphatic rings. The van der Waals surface area contributed by atoms with Crippen LogP contribution in [0.1, 0.15) is 61.5 Å². The van der Waals surface area contributed by atoms with Gasteiger partial charge in [-0.15, -0.1) is 19.2 Å². The molecule has 0 radical (unpaired) electrons. The lowest BCUT2D eigenvalue weighted by molar-refractivity contribution is 0.103. The fraction of sp³-hybridized carbons (Fsp3) is 0.296. The van der Waals surface area contributed by atoms with Crippen molar-refractivity contribution in [2.45, 2.75) is 46.5 Å². The zero-order valence-corrected chi connectivity index (χ0v) is 18.7. The van der Waals surface area contributed by atoms with Crippen LogP contribution in [0.5, 0.6) is 0 Å². The molecule has 0 saturated carbocycles. The number of allylic oxidation sites excluding steroid dienone is 5. The first-order valence-electron chi connectivity index (χ1n) is 10.2. The minimum atomic E-state index is 0.0469. The largest absolute Gasteiger partial charge is 0.289 e. The molecule has 0 aliphatic heterocycles. The summed E-state index contributed by atoms with van der Waals surface area (Å²) in [5.74, 6) is 0.0469. The Morgan fingerprint density at radius 1 is 1.00 bits per heavy atom. The van der Waals surface area contributed by atoms with E-state index < -0.39 is 0 Å².